The van der Waals surface area contributed by atoms with Crippen molar-refractivity contribution in [2.75, 3.05) is 13.2 Å². The first-order valence-corrected chi connectivity index (χ1v) is 8.56. The zero-order valence-corrected chi connectivity index (χ0v) is 15.0. The maximum atomic E-state index is 12.2. The van der Waals surface area contributed by atoms with Gasteiger partial charge in [-0.25, -0.2) is 0 Å². The highest BCUT2D eigenvalue weighted by Crippen LogP contribution is 2.42. The van der Waals surface area contributed by atoms with Gasteiger partial charge in [-0.05, 0) is 30.2 Å². The minimum atomic E-state index is -0.249. The molecular weight excluding hydrogens is 332 g/mol. The van der Waals surface area contributed by atoms with Gasteiger partial charge in [-0.2, -0.15) is 0 Å². The molecule has 0 unspecified atom stereocenters. The van der Waals surface area contributed by atoms with E-state index in [0.29, 0.717) is 37.7 Å². The molecule has 1 amide bonds. The van der Waals surface area contributed by atoms with Gasteiger partial charge in [-0.3, -0.25) is 9.59 Å². The number of rotatable bonds is 5. The molecule has 0 fully saturated rings. The Morgan fingerprint density at radius 3 is 2.81 bits per heavy atom. The second kappa shape index (κ2) is 7.47. The number of ether oxygens (including phenoxy) is 2. The van der Waals surface area contributed by atoms with Crippen molar-refractivity contribution in [1.82, 2.24) is 9.88 Å². The van der Waals surface area contributed by atoms with Gasteiger partial charge in [0.1, 0.15) is 13.2 Å². The number of pyridine rings is 1. The van der Waals surface area contributed by atoms with E-state index in [0.717, 1.165) is 22.3 Å². The van der Waals surface area contributed by atoms with Crippen LogP contribution in [0.3, 0.4) is 0 Å². The summed E-state index contributed by atoms with van der Waals surface area (Å²) >= 11 is 0. The summed E-state index contributed by atoms with van der Waals surface area (Å²) in [5, 5.41) is 2.80. The van der Waals surface area contributed by atoms with Crippen molar-refractivity contribution >= 4 is 5.91 Å². The number of carbonyl (C=O) groups excluding carboxylic acids is 1. The molecule has 0 aliphatic carbocycles. The molecule has 0 radical (unpaired) electrons. The fourth-order valence-corrected chi connectivity index (χ4v) is 3.05. The molecule has 6 heteroatoms. The summed E-state index contributed by atoms with van der Waals surface area (Å²) in [4.78, 5) is 23.8. The molecule has 6 nitrogen and oxygen atoms in total. The zero-order chi connectivity index (χ0) is 18.7. The normalized spacial score (nSPS) is 12.5. The Labute approximate surface area is 152 Å². The van der Waals surface area contributed by atoms with Gasteiger partial charge in [-0.15, -0.1) is 0 Å². The van der Waals surface area contributed by atoms with Crippen LogP contribution in [0.5, 0.6) is 11.5 Å². The minimum Gasteiger partial charge on any atom is -0.486 e. The van der Waals surface area contributed by atoms with Gasteiger partial charge in [0.15, 0.2) is 11.5 Å². The van der Waals surface area contributed by atoms with Gasteiger partial charge in [-0.1, -0.05) is 19.6 Å². The average molecular weight is 354 g/mol. The topological polar surface area (TPSA) is 69.6 Å². The third-order valence-corrected chi connectivity index (χ3v) is 4.36. The maximum Gasteiger partial charge on any atom is 0.253 e. The van der Waals surface area contributed by atoms with Crippen molar-refractivity contribution in [3.05, 3.63) is 58.5 Å². The predicted molar refractivity (Wildman–Crippen MR) is 99.5 cm³/mol. The van der Waals surface area contributed by atoms with Gasteiger partial charge >= 0.3 is 0 Å². The number of fused-ring (bicyclic) bond motifs is 1. The maximum absolute atomic E-state index is 12.2. The van der Waals surface area contributed by atoms with Crippen molar-refractivity contribution in [2.45, 2.75) is 19.9 Å². The molecule has 1 aromatic carbocycles. The summed E-state index contributed by atoms with van der Waals surface area (Å²) in [5.41, 5.74) is 3.27. The van der Waals surface area contributed by atoms with Gasteiger partial charge in [0.25, 0.3) is 5.56 Å². The van der Waals surface area contributed by atoms with Gasteiger partial charge < -0.3 is 19.4 Å². The predicted octanol–water partition coefficient (Wildman–Crippen LogP) is 2.19. The van der Waals surface area contributed by atoms with Crippen LogP contribution >= 0.6 is 0 Å². The third kappa shape index (κ3) is 3.35. The number of nitrogens with one attached hydrogen (secondary N) is 1. The molecule has 26 heavy (non-hydrogen) atoms. The molecule has 3 rings (SSSR count). The monoisotopic (exact) mass is 354 g/mol. The smallest absolute Gasteiger partial charge is 0.253 e. The lowest BCUT2D eigenvalue weighted by atomic mass is 9.97. The lowest BCUT2D eigenvalue weighted by Crippen LogP contribution is -2.23. The Hall–Kier alpha value is -3.02. The van der Waals surface area contributed by atoms with E-state index >= 15 is 0 Å². The van der Waals surface area contributed by atoms with Gasteiger partial charge in [0.05, 0.1) is 0 Å². The molecule has 1 aliphatic heterocycles. The number of nitrogens with zero attached hydrogens (tertiary/aromatic N) is 1. The zero-order valence-electron chi connectivity index (χ0n) is 15.0. The number of benzene rings is 1. The van der Waals surface area contributed by atoms with Crippen molar-refractivity contribution in [1.29, 1.82) is 0 Å². The molecular formula is C20H22N2O4. The Morgan fingerprint density at radius 1 is 1.31 bits per heavy atom. The van der Waals surface area contributed by atoms with Crippen molar-refractivity contribution in [3.63, 3.8) is 0 Å². The summed E-state index contributed by atoms with van der Waals surface area (Å²) < 4.78 is 13.2. The van der Waals surface area contributed by atoms with Crippen LogP contribution in [0, 0.1) is 0 Å². The second-order valence-electron chi connectivity index (χ2n) is 6.07. The van der Waals surface area contributed by atoms with Crippen LogP contribution in [0.15, 0.2) is 41.8 Å². The number of aromatic nitrogens is 1. The van der Waals surface area contributed by atoms with E-state index in [1.54, 1.807) is 17.8 Å². The summed E-state index contributed by atoms with van der Waals surface area (Å²) in [6.07, 6.45) is 3.66. The lowest BCUT2D eigenvalue weighted by molar-refractivity contribution is -0.116. The lowest BCUT2D eigenvalue weighted by Gasteiger charge is -2.24. The van der Waals surface area contributed by atoms with E-state index in [9.17, 15) is 9.59 Å². The minimum absolute atomic E-state index is 0.0141. The number of hydrogen-bond acceptors (Lipinski definition) is 4. The van der Waals surface area contributed by atoms with Gasteiger partial charge in [0, 0.05) is 36.5 Å². The van der Waals surface area contributed by atoms with Crippen molar-refractivity contribution in [2.24, 2.45) is 7.05 Å². The summed E-state index contributed by atoms with van der Waals surface area (Å²) in [7, 11) is 1.73. The molecule has 0 atom stereocenters. The SMILES string of the molecule is C=CC(=O)NCc1ccc2c(c1-c1cc(CC)c(=O)n(C)c1)OCCO2. The largest absolute Gasteiger partial charge is 0.486 e. The molecule has 136 valence electrons. The molecule has 0 spiro atoms. The van der Waals surface area contributed by atoms with E-state index in [-0.39, 0.29) is 11.5 Å². The number of carbonyl (C=O) groups is 1. The van der Waals surface area contributed by atoms with Crippen LogP contribution in [0.25, 0.3) is 11.1 Å². The van der Waals surface area contributed by atoms with Gasteiger partial charge in [0.2, 0.25) is 5.91 Å². The first-order chi connectivity index (χ1) is 12.5. The van der Waals surface area contributed by atoms with Crippen LogP contribution in [0.2, 0.25) is 0 Å². The standard InChI is InChI=1S/C20H22N2O4/c1-4-13-10-15(12-22(3)20(13)24)18-14(11-21-17(23)5-2)6-7-16-19(18)26-9-8-25-16/h5-7,10,12H,2,4,8-9,11H2,1,3H3,(H,21,23). The van der Waals surface area contributed by atoms with E-state index in [1.807, 2.05) is 25.1 Å². The van der Waals surface area contributed by atoms with Crippen LogP contribution in [0.4, 0.5) is 0 Å². The summed E-state index contributed by atoms with van der Waals surface area (Å²) in [6, 6.07) is 5.63. The highest BCUT2D eigenvalue weighted by atomic mass is 16.6. The van der Waals surface area contributed by atoms with Crippen LogP contribution in [-0.2, 0) is 24.8 Å². The second-order valence-corrected chi connectivity index (χ2v) is 6.07. The Morgan fingerprint density at radius 2 is 2.08 bits per heavy atom. The fraction of sp³-hybridized carbons (Fsp3) is 0.300. The molecule has 1 aliphatic rings. The Kier molecular flexibility index (Phi) is 5.11. The number of amides is 1. The highest BCUT2D eigenvalue weighted by molar-refractivity contribution is 5.87. The van der Waals surface area contributed by atoms with E-state index in [1.165, 1.54) is 6.08 Å². The first kappa shape index (κ1) is 17.8. The van der Waals surface area contributed by atoms with E-state index in [4.69, 9.17) is 9.47 Å². The van der Waals surface area contributed by atoms with E-state index < -0.39 is 0 Å². The highest BCUT2D eigenvalue weighted by Gasteiger charge is 2.22. The number of aryl methyl sites for hydroxylation is 2. The quantitative estimate of drug-likeness (QED) is 0.836. The molecule has 0 bridgehead atoms. The summed E-state index contributed by atoms with van der Waals surface area (Å²) in [5.74, 6) is 1.06. The number of hydrogen-bond donors (Lipinski definition) is 1. The van der Waals surface area contributed by atoms with Crippen molar-refractivity contribution < 1.29 is 14.3 Å². The average Bonchev–Trinajstić information content (AvgIpc) is 2.67. The summed E-state index contributed by atoms with van der Waals surface area (Å²) in [6.45, 7) is 6.69. The van der Waals surface area contributed by atoms with E-state index in [2.05, 4.69) is 11.9 Å². The molecule has 0 saturated carbocycles. The van der Waals surface area contributed by atoms with Crippen LogP contribution in [-0.4, -0.2) is 23.7 Å². The Balaban J connectivity index is 2.17. The molecule has 1 N–H and O–H groups in total. The Bertz CT molecular complexity index is 915. The first-order valence-electron chi connectivity index (χ1n) is 8.56. The molecule has 1 aromatic heterocycles. The van der Waals surface area contributed by atoms with Crippen molar-refractivity contribution in [3.8, 4) is 22.6 Å². The molecule has 2 aromatic rings. The molecule has 2 heterocycles. The van der Waals surface area contributed by atoms with Crippen LogP contribution < -0.4 is 20.3 Å². The fourth-order valence-electron chi connectivity index (χ4n) is 3.05. The molecule has 0 saturated heterocycles. The van der Waals surface area contributed by atoms with Crippen LogP contribution in [0.1, 0.15) is 18.1 Å². The third-order valence-electron chi connectivity index (χ3n) is 4.36.